The summed E-state index contributed by atoms with van der Waals surface area (Å²) in [6.07, 6.45) is 2.93. The first-order valence-corrected chi connectivity index (χ1v) is 7.01. The molecule has 1 N–H and O–H groups in total. The van der Waals surface area contributed by atoms with E-state index < -0.39 is 10.0 Å². The van der Waals surface area contributed by atoms with Crippen molar-refractivity contribution in [2.24, 2.45) is 0 Å². The smallest absolute Gasteiger partial charge is 0.261 e. The highest BCUT2D eigenvalue weighted by Gasteiger charge is 2.15. The first-order valence-electron chi connectivity index (χ1n) is 5.15. The molecule has 96 valence electrons. The van der Waals surface area contributed by atoms with Crippen LogP contribution in [0.3, 0.4) is 0 Å². The molecular formula is C12H8ClN3O2S. The summed E-state index contributed by atoms with van der Waals surface area (Å²) in [6, 6.07) is 8.98. The molecule has 0 bridgehead atoms. The maximum Gasteiger partial charge on any atom is 0.261 e. The Morgan fingerprint density at radius 3 is 2.68 bits per heavy atom. The molecule has 0 fully saturated rings. The molecule has 1 aromatic heterocycles. The van der Waals surface area contributed by atoms with Crippen LogP contribution in [0.2, 0.25) is 5.02 Å². The van der Waals surface area contributed by atoms with E-state index in [-0.39, 0.29) is 15.5 Å². The van der Waals surface area contributed by atoms with Gasteiger partial charge in [0, 0.05) is 6.20 Å². The van der Waals surface area contributed by atoms with Crippen LogP contribution in [-0.2, 0) is 10.0 Å². The van der Waals surface area contributed by atoms with Gasteiger partial charge in [0.1, 0.15) is 6.07 Å². The SMILES string of the molecule is N#Cc1ccc(S(=O)(=O)Nc2cccnc2)cc1Cl. The number of rotatable bonds is 3. The van der Waals surface area contributed by atoms with E-state index in [2.05, 4.69) is 9.71 Å². The van der Waals surface area contributed by atoms with Crippen molar-refractivity contribution in [1.82, 2.24) is 4.98 Å². The van der Waals surface area contributed by atoms with Gasteiger partial charge in [0.25, 0.3) is 10.0 Å². The Balaban J connectivity index is 2.36. The fourth-order valence-electron chi connectivity index (χ4n) is 1.39. The molecule has 19 heavy (non-hydrogen) atoms. The summed E-state index contributed by atoms with van der Waals surface area (Å²) in [5.74, 6) is 0. The fourth-order valence-corrected chi connectivity index (χ4v) is 2.75. The zero-order valence-corrected chi connectivity index (χ0v) is 11.1. The summed E-state index contributed by atoms with van der Waals surface area (Å²) >= 11 is 5.81. The molecule has 1 heterocycles. The second kappa shape index (κ2) is 5.26. The lowest BCUT2D eigenvalue weighted by Crippen LogP contribution is -2.13. The predicted octanol–water partition coefficient (Wildman–Crippen LogP) is 2.41. The van der Waals surface area contributed by atoms with Crippen LogP contribution in [-0.4, -0.2) is 13.4 Å². The molecule has 0 radical (unpaired) electrons. The monoisotopic (exact) mass is 293 g/mol. The van der Waals surface area contributed by atoms with Crippen LogP contribution in [0, 0.1) is 11.3 Å². The van der Waals surface area contributed by atoms with Crippen molar-refractivity contribution in [2.45, 2.75) is 4.90 Å². The Labute approximate surface area is 115 Å². The van der Waals surface area contributed by atoms with Crippen LogP contribution in [0.4, 0.5) is 5.69 Å². The van der Waals surface area contributed by atoms with Gasteiger partial charge in [-0.2, -0.15) is 5.26 Å². The molecule has 2 rings (SSSR count). The zero-order chi connectivity index (χ0) is 13.9. The summed E-state index contributed by atoms with van der Waals surface area (Å²) < 4.78 is 26.5. The van der Waals surface area contributed by atoms with Crippen molar-refractivity contribution in [3.05, 3.63) is 53.3 Å². The molecule has 5 nitrogen and oxygen atoms in total. The van der Waals surface area contributed by atoms with Gasteiger partial charge in [0.05, 0.1) is 27.4 Å². The van der Waals surface area contributed by atoms with Crippen LogP contribution < -0.4 is 4.72 Å². The number of hydrogen-bond acceptors (Lipinski definition) is 4. The molecule has 0 aliphatic heterocycles. The van der Waals surface area contributed by atoms with Gasteiger partial charge in [0.2, 0.25) is 0 Å². The number of nitrogens with zero attached hydrogens (tertiary/aromatic N) is 2. The molecule has 0 spiro atoms. The minimum Gasteiger partial charge on any atom is -0.278 e. The van der Waals surface area contributed by atoms with Gasteiger partial charge in [-0.05, 0) is 30.3 Å². The number of hydrogen-bond donors (Lipinski definition) is 1. The topological polar surface area (TPSA) is 82.8 Å². The van der Waals surface area contributed by atoms with Crippen LogP contribution >= 0.6 is 11.6 Å². The van der Waals surface area contributed by atoms with Gasteiger partial charge in [-0.25, -0.2) is 8.42 Å². The third-order valence-corrected chi connectivity index (χ3v) is 3.98. The Kier molecular flexibility index (Phi) is 3.69. The highest BCUT2D eigenvalue weighted by molar-refractivity contribution is 7.92. The Morgan fingerprint density at radius 2 is 2.11 bits per heavy atom. The summed E-state index contributed by atoms with van der Waals surface area (Å²) in [4.78, 5) is 3.80. The van der Waals surface area contributed by atoms with Gasteiger partial charge in [-0.15, -0.1) is 0 Å². The van der Waals surface area contributed by atoms with E-state index in [9.17, 15) is 8.42 Å². The summed E-state index contributed by atoms with van der Waals surface area (Å²) in [5, 5.41) is 8.83. The number of anilines is 1. The number of sulfonamides is 1. The van der Waals surface area contributed by atoms with E-state index in [0.717, 1.165) is 0 Å². The number of nitrogens with one attached hydrogen (secondary N) is 1. The Morgan fingerprint density at radius 1 is 1.32 bits per heavy atom. The second-order valence-corrected chi connectivity index (χ2v) is 5.69. The van der Waals surface area contributed by atoms with Gasteiger partial charge in [-0.1, -0.05) is 11.6 Å². The number of benzene rings is 1. The summed E-state index contributed by atoms with van der Waals surface area (Å²) in [7, 11) is -3.74. The number of nitriles is 1. The highest BCUT2D eigenvalue weighted by atomic mass is 35.5. The standard InChI is InChI=1S/C12H8ClN3O2S/c13-12-6-11(4-3-9(12)7-14)19(17,18)16-10-2-1-5-15-8-10/h1-6,8,16H. The average molecular weight is 294 g/mol. The molecule has 7 heteroatoms. The molecule has 0 unspecified atom stereocenters. The Hall–Kier alpha value is -2.10. The second-order valence-electron chi connectivity index (χ2n) is 3.60. The quantitative estimate of drug-likeness (QED) is 0.942. The lowest BCUT2D eigenvalue weighted by atomic mass is 10.2. The van der Waals surface area contributed by atoms with Gasteiger partial charge < -0.3 is 0 Å². The van der Waals surface area contributed by atoms with E-state index in [1.807, 2.05) is 6.07 Å². The van der Waals surface area contributed by atoms with Crippen molar-refractivity contribution in [3.8, 4) is 6.07 Å². The normalized spacial score (nSPS) is 10.7. The number of halogens is 1. The van der Waals surface area contributed by atoms with Crippen LogP contribution in [0.1, 0.15) is 5.56 Å². The zero-order valence-electron chi connectivity index (χ0n) is 9.54. The first kappa shape index (κ1) is 13.3. The molecule has 0 aliphatic carbocycles. The molecule has 1 aromatic carbocycles. The van der Waals surface area contributed by atoms with Crippen molar-refractivity contribution >= 4 is 27.3 Å². The first-order chi connectivity index (χ1) is 9.03. The van der Waals surface area contributed by atoms with Crippen molar-refractivity contribution in [1.29, 1.82) is 5.26 Å². The van der Waals surface area contributed by atoms with Crippen molar-refractivity contribution in [2.75, 3.05) is 4.72 Å². The molecule has 0 aliphatic rings. The fraction of sp³-hybridized carbons (Fsp3) is 0. The molecule has 0 amide bonds. The molecule has 2 aromatic rings. The van der Waals surface area contributed by atoms with E-state index in [4.69, 9.17) is 16.9 Å². The summed E-state index contributed by atoms with van der Waals surface area (Å²) in [5.41, 5.74) is 0.574. The van der Waals surface area contributed by atoms with Crippen LogP contribution in [0.15, 0.2) is 47.6 Å². The van der Waals surface area contributed by atoms with Crippen LogP contribution in [0.5, 0.6) is 0 Å². The maximum absolute atomic E-state index is 12.1. The van der Waals surface area contributed by atoms with E-state index in [1.54, 1.807) is 12.1 Å². The van der Waals surface area contributed by atoms with E-state index >= 15 is 0 Å². The third-order valence-electron chi connectivity index (χ3n) is 2.29. The van der Waals surface area contributed by atoms with E-state index in [1.165, 1.54) is 30.6 Å². The average Bonchev–Trinajstić information content (AvgIpc) is 2.39. The molecule has 0 saturated heterocycles. The van der Waals surface area contributed by atoms with Gasteiger partial charge in [0.15, 0.2) is 0 Å². The van der Waals surface area contributed by atoms with Crippen molar-refractivity contribution < 1.29 is 8.42 Å². The summed E-state index contributed by atoms with van der Waals surface area (Å²) in [6.45, 7) is 0. The molecule has 0 atom stereocenters. The number of aromatic nitrogens is 1. The molecule has 0 saturated carbocycles. The number of pyridine rings is 1. The predicted molar refractivity (Wildman–Crippen MR) is 71.2 cm³/mol. The maximum atomic E-state index is 12.1. The molecular weight excluding hydrogens is 286 g/mol. The van der Waals surface area contributed by atoms with Gasteiger partial charge >= 0.3 is 0 Å². The van der Waals surface area contributed by atoms with Gasteiger partial charge in [-0.3, -0.25) is 9.71 Å². The highest BCUT2D eigenvalue weighted by Crippen LogP contribution is 2.21. The minimum atomic E-state index is -3.74. The lowest BCUT2D eigenvalue weighted by molar-refractivity contribution is 0.601. The van der Waals surface area contributed by atoms with E-state index in [0.29, 0.717) is 5.69 Å². The minimum absolute atomic E-state index is 0.0136. The third kappa shape index (κ3) is 3.02. The van der Waals surface area contributed by atoms with Crippen LogP contribution in [0.25, 0.3) is 0 Å². The van der Waals surface area contributed by atoms with Crippen molar-refractivity contribution in [3.63, 3.8) is 0 Å². The lowest BCUT2D eigenvalue weighted by Gasteiger charge is -2.08. The Bertz CT molecular complexity index is 739. The largest absolute Gasteiger partial charge is 0.278 e.